The standard InChI is InChI=1S/C13H26O/c1-9(2)13(10(3)4)7-11(5)14-12(6)8-13/h9-12H,7-8H2,1-6H3. The Morgan fingerprint density at radius 1 is 0.929 bits per heavy atom. The van der Waals surface area contributed by atoms with E-state index in [2.05, 4.69) is 41.5 Å². The Kier molecular flexibility index (Phi) is 3.63. The summed E-state index contributed by atoms with van der Waals surface area (Å²) < 4.78 is 5.84. The monoisotopic (exact) mass is 198 g/mol. The molecule has 1 rings (SSSR count). The van der Waals surface area contributed by atoms with Crippen LogP contribution in [-0.4, -0.2) is 12.2 Å². The zero-order valence-electron chi connectivity index (χ0n) is 10.6. The van der Waals surface area contributed by atoms with Gasteiger partial charge in [0.05, 0.1) is 12.2 Å². The van der Waals surface area contributed by atoms with Gasteiger partial charge in [-0.1, -0.05) is 27.7 Å². The van der Waals surface area contributed by atoms with Crippen molar-refractivity contribution in [3.63, 3.8) is 0 Å². The number of rotatable bonds is 2. The molecule has 0 N–H and O–H groups in total. The predicted molar refractivity (Wildman–Crippen MR) is 61.4 cm³/mol. The molecule has 0 spiro atoms. The normalized spacial score (nSPS) is 32.6. The maximum absolute atomic E-state index is 5.84. The van der Waals surface area contributed by atoms with E-state index in [-0.39, 0.29) is 0 Å². The van der Waals surface area contributed by atoms with Crippen molar-refractivity contribution in [3.05, 3.63) is 0 Å². The fourth-order valence-corrected chi connectivity index (χ4v) is 3.26. The summed E-state index contributed by atoms with van der Waals surface area (Å²) >= 11 is 0. The van der Waals surface area contributed by atoms with Gasteiger partial charge < -0.3 is 4.74 Å². The Morgan fingerprint density at radius 3 is 1.57 bits per heavy atom. The molecule has 0 aromatic rings. The van der Waals surface area contributed by atoms with Gasteiger partial charge in [0.1, 0.15) is 0 Å². The highest BCUT2D eigenvalue weighted by Gasteiger charge is 2.42. The van der Waals surface area contributed by atoms with Crippen molar-refractivity contribution in [2.24, 2.45) is 17.3 Å². The summed E-state index contributed by atoms with van der Waals surface area (Å²) in [5.41, 5.74) is 0.497. The summed E-state index contributed by atoms with van der Waals surface area (Å²) in [5.74, 6) is 1.52. The average Bonchev–Trinajstić information content (AvgIpc) is 2.01. The third kappa shape index (κ3) is 2.13. The van der Waals surface area contributed by atoms with Gasteiger partial charge in [-0.2, -0.15) is 0 Å². The van der Waals surface area contributed by atoms with Gasteiger partial charge >= 0.3 is 0 Å². The van der Waals surface area contributed by atoms with Crippen LogP contribution in [0, 0.1) is 17.3 Å². The molecular weight excluding hydrogens is 172 g/mol. The molecule has 1 fully saturated rings. The Bertz CT molecular complexity index is 164. The van der Waals surface area contributed by atoms with E-state index in [9.17, 15) is 0 Å². The Morgan fingerprint density at radius 2 is 1.29 bits per heavy atom. The van der Waals surface area contributed by atoms with Crippen LogP contribution in [0.25, 0.3) is 0 Å². The van der Waals surface area contributed by atoms with Crippen LogP contribution in [0.15, 0.2) is 0 Å². The zero-order valence-corrected chi connectivity index (χ0v) is 10.6. The van der Waals surface area contributed by atoms with Crippen LogP contribution in [0.4, 0.5) is 0 Å². The Hall–Kier alpha value is -0.0400. The molecule has 0 radical (unpaired) electrons. The lowest BCUT2D eigenvalue weighted by Gasteiger charge is -2.49. The van der Waals surface area contributed by atoms with Crippen molar-refractivity contribution < 1.29 is 4.74 Å². The fourth-order valence-electron chi connectivity index (χ4n) is 3.26. The topological polar surface area (TPSA) is 9.23 Å². The summed E-state index contributed by atoms with van der Waals surface area (Å²) in [6.45, 7) is 13.9. The molecule has 1 aliphatic rings. The van der Waals surface area contributed by atoms with E-state index in [0.717, 1.165) is 11.8 Å². The van der Waals surface area contributed by atoms with E-state index in [0.29, 0.717) is 17.6 Å². The summed E-state index contributed by atoms with van der Waals surface area (Å²) in [6.07, 6.45) is 3.33. The van der Waals surface area contributed by atoms with Crippen molar-refractivity contribution in [1.29, 1.82) is 0 Å². The van der Waals surface area contributed by atoms with Crippen molar-refractivity contribution in [2.75, 3.05) is 0 Å². The molecule has 1 saturated heterocycles. The molecule has 0 aromatic heterocycles. The second-order valence-corrected chi connectivity index (χ2v) is 5.71. The molecule has 2 atom stereocenters. The van der Waals surface area contributed by atoms with E-state index in [4.69, 9.17) is 4.74 Å². The first-order valence-corrected chi connectivity index (χ1v) is 6.04. The Labute approximate surface area is 89.2 Å². The van der Waals surface area contributed by atoms with E-state index < -0.39 is 0 Å². The molecule has 0 aliphatic carbocycles. The maximum Gasteiger partial charge on any atom is 0.0556 e. The lowest BCUT2D eigenvalue weighted by Crippen LogP contribution is -2.44. The van der Waals surface area contributed by atoms with Crippen LogP contribution in [0.3, 0.4) is 0 Å². The largest absolute Gasteiger partial charge is 0.376 e. The molecule has 84 valence electrons. The summed E-state index contributed by atoms with van der Waals surface area (Å²) in [4.78, 5) is 0. The van der Waals surface area contributed by atoms with Crippen LogP contribution in [0.2, 0.25) is 0 Å². The van der Waals surface area contributed by atoms with Gasteiger partial charge in [-0.25, -0.2) is 0 Å². The number of hydrogen-bond acceptors (Lipinski definition) is 1. The third-order valence-corrected chi connectivity index (χ3v) is 4.10. The molecule has 0 aromatic carbocycles. The van der Waals surface area contributed by atoms with Gasteiger partial charge in [-0.3, -0.25) is 0 Å². The molecule has 1 aliphatic heterocycles. The van der Waals surface area contributed by atoms with Crippen LogP contribution >= 0.6 is 0 Å². The highest BCUT2D eigenvalue weighted by atomic mass is 16.5. The lowest BCUT2D eigenvalue weighted by molar-refractivity contribution is -0.119. The first-order chi connectivity index (χ1) is 6.38. The van der Waals surface area contributed by atoms with E-state index in [1.54, 1.807) is 0 Å². The van der Waals surface area contributed by atoms with Crippen LogP contribution < -0.4 is 0 Å². The smallest absolute Gasteiger partial charge is 0.0556 e. The molecule has 0 bridgehead atoms. The highest BCUT2D eigenvalue weighted by Crippen LogP contribution is 2.48. The van der Waals surface area contributed by atoms with Crippen LogP contribution in [0.1, 0.15) is 54.4 Å². The van der Waals surface area contributed by atoms with E-state index in [1.165, 1.54) is 12.8 Å². The first-order valence-electron chi connectivity index (χ1n) is 6.04. The minimum Gasteiger partial charge on any atom is -0.376 e. The average molecular weight is 198 g/mol. The van der Waals surface area contributed by atoms with Gasteiger partial charge in [0, 0.05) is 0 Å². The SMILES string of the molecule is CC1CC(C(C)C)(C(C)C)CC(C)O1. The van der Waals surface area contributed by atoms with E-state index >= 15 is 0 Å². The minimum absolute atomic E-state index is 0.434. The Balaban J connectivity index is 2.86. The predicted octanol–water partition coefficient (Wildman–Crippen LogP) is 3.87. The maximum atomic E-state index is 5.84. The molecule has 1 heterocycles. The highest BCUT2D eigenvalue weighted by molar-refractivity contribution is 4.91. The second kappa shape index (κ2) is 4.22. The number of hydrogen-bond donors (Lipinski definition) is 0. The summed E-state index contributed by atoms with van der Waals surface area (Å²) in [6, 6.07) is 0. The molecule has 0 saturated carbocycles. The van der Waals surface area contributed by atoms with Gasteiger partial charge in [-0.15, -0.1) is 0 Å². The van der Waals surface area contributed by atoms with E-state index in [1.807, 2.05) is 0 Å². The van der Waals surface area contributed by atoms with Crippen molar-refractivity contribution >= 4 is 0 Å². The summed E-state index contributed by atoms with van der Waals surface area (Å²) in [5, 5.41) is 0. The number of ether oxygens (including phenoxy) is 1. The lowest BCUT2D eigenvalue weighted by atomic mass is 9.62. The zero-order chi connectivity index (χ0) is 10.9. The molecular formula is C13H26O. The molecule has 0 amide bonds. The molecule has 14 heavy (non-hydrogen) atoms. The van der Waals surface area contributed by atoms with Crippen LogP contribution in [-0.2, 0) is 4.74 Å². The van der Waals surface area contributed by atoms with Gasteiger partial charge in [0.25, 0.3) is 0 Å². The summed E-state index contributed by atoms with van der Waals surface area (Å²) in [7, 11) is 0. The van der Waals surface area contributed by atoms with Crippen molar-refractivity contribution in [3.8, 4) is 0 Å². The molecule has 2 unspecified atom stereocenters. The fraction of sp³-hybridized carbons (Fsp3) is 1.00. The quantitative estimate of drug-likeness (QED) is 0.654. The van der Waals surface area contributed by atoms with Gasteiger partial charge in [-0.05, 0) is 43.9 Å². The van der Waals surface area contributed by atoms with Crippen molar-refractivity contribution in [2.45, 2.75) is 66.6 Å². The minimum atomic E-state index is 0.434. The van der Waals surface area contributed by atoms with Crippen molar-refractivity contribution in [1.82, 2.24) is 0 Å². The first kappa shape index (κ1) is 12.0. The van der Waals surface area contributed by atoms with Crippen LogP contribution in [0.5, 0.6) is 0 Å². The van der Waals surface area contributed by atoms with Gasteiger partial charge in [0.15, 0.2) is 0 Å². The second-order valence-electron chi connectivity index (χ2n) is 5.71. The van der Waals surface area contributed by atoms with Gasteiger partial charge in [0.2, 0.25) is 0 Å². The molecule has 1 nitrogen and oxygen atoms in total. The molecule has 1 heteroatoms. The third-order valence-electron chi connectivity index (χ3n) is 4.10.